The van der Waals surface area contributed by atoms with Crippen molar-refractivity contribution in [3.8, 4) is 5.75 Å². The number of amides is 1. The summed E-state index contributed by atoms with van der Waals surface area (Å²) in [5, 5.41) is 3.76. The zero-order valence-corrected chi connectivity index (χ0v) is 15.0. The fourth-order valence-electron chi connectivity index (χ4n) is 1.85. The first kappa shape index (κ1) is 19.0. The molecule has 0 aliphatic heterocycles. The largest absolute Gasteiger partial charge is 0.484 e. The summed E-state index contributed by atoms with van der Waals surface area (Å²) in [6.07, 6.45) is 0. The first-order chi connectivity index (χ1) is 11.9. The molecule has 2 aromatic carbocycles. The third-order valence-corrected chi connectivity index (χ3v) is 3.85. The van der Waals surface area contributed by atoms with Gasteiger partial charge in [-0.05, 0) is 60.6 Å². The minimum Gasteiger partial charge on any atom is -0.484 e. The molecular weight excluding hydrogens is 365 g/mol. The summed E-state index contributed by atoms with van der Waals surface area (Å²) in [5.74, 6) is -0.139. The van der Waals surface area contributed by atoms with Gasteiger partial charge in [0.25, 0.3) is 5.91 Å². The van der Waals surface area contributed by atoms with Crippen LogP contribution in [-0.4, -0.2) is 17.6 Å². The van der Waals surface area contributed by atoms with Gasteiger partial charge >= 0.3 is 0 Å². The van der Waals surface area contributed by atoms with Gasteiger partial charge in [-0.1, -0.05) is 23.7 Å². The number of benzene rings is 2. The monoisotopic (exact) mass is 381 g/mol. The number of thiocarbonyl (C=S) groups is 1. The van der Waals surface area contributed by atoms with E-state index in [1.54, 1.807) is 30.3 Å². The zero-order chi connectivity index (χ0) is 18.2. The molecule has 0 radical (unpaired) electrons. The van der Waals surface area contributed by atoms with Crippen LogP contribution >= 0.6 is 23.8 Å². The second-order valence-electron chi connectivity index (χ2n) is 5.18. The van der Waals surface area contributed by atoms with Crippen LogP contribution in [0.15, 0.2) is 42.5 Å². The van der Waals surface area contributed by atoms with Crippen LogP contribution in [0, 0.1) is 12.7 Å². The summed E-state index contributed by atoms with van der Waals surface area (Å²) in [4.78, 5) is 11.7. The predicted octanol–water partition coefficient (Wildman–Crippen LogP) is 2.86. The molecule has 0 heterocycles. The van der Waals surface area contributed by atoms with Crippen LogP contribution in [0.25, 0.3) is 0 Å². The molecule has 0 fully saturated rings. The summed E-state index contributed by atoms with van der Waals surface area (Å²) < 4.78 is 18.2. The van der Waals surface area contributed by atoms with Crippen LogP contribution in [0.3, 0.4) is 0 Å². The molecule has 8 heteroatoms. The molecule has 0 unspecified atom stereocenters. The Hall–Kier alpha value is -2.38. The van der Waals surface area contributed by atoms with Crippen LogP contribution in [0.1, 0.15) is 11.1 Å². The fraction of sp³-hybridized carbons (Fsp3) is 0.176. The second kappa shape index (κ2) is 9.19. The standard InChI is InChI=1S/C17H17ClFN3O2S/c1-11-8-14(6-7-15(11)18)24-10-16(23)21-22-17(25)20-9-12-2-4-13(19)5-3-12/h2-8H,9-10H2,1H3,(H,21,23)(H2,20,22,25). The van der Waals surface area contributed by atoms with Crippen LogP contribution in [-0.2, 0) is 11.3 Å². The minimum absolute atomic E-state index is 0.172. The molecule has 1 amide bonds. The first-order valence-corrected chi connectivity index (χ1v) is 8.19. The van der Waals surface area contributed by atoms with E-state index in [4.69, 9.17) is 28.6 Å². The summed E-state index contributed by atoms with van der Waals surface area (Å²) in [5.41, 5.74) is 6.71. The molecule has 5 nitrogen and oxygen atoms in total. The van der Waals surface area contributed by atoms with Gasteiger partial charge in [0.05, 0.1) is 0 Å². The maximum Gasteiger partial charge on any atom is 0.276 e. The lowest BCUT2D eigenvalue weighted by Crippen LogP contribution is -2.48. The molecule has 0 saturated carbocycles. The lowest BCUT2D eigenvalue weighted by molar-refractivity contribution is -0.123. The van der Waals surface area contributed by atoms with Gasteiger partial charge in [-0.2, -0.15) is 0 Å². The predicted molar refractivity (Wildman–Crippen MR) is 98.8 cm³/mol. The van der Waals surface area contributed by atoms with Crippen molar-refractivity contribution in [3.05, 3.63) is 64.4 Å². The Kier molecular flexibility index (Phi) is 6.97. The van der Waals surface area contributed by atoms with Gasteiger partial charge in [-0.15, -0.1) is 0 Å². The highest BCUT2D eigenvalue weighted by atomic mass is 35.5. The van der Waals surface area contributed by atoms with E-state index >= 15 is 0 Å². The smallest absolute Gasteiger partial charge is 0.276 e. The van der Waals surface area contributed by atoms with Gasteiger partial charge in [0.2, 0.25) is 0 Å². The molecule has 3 N–H and O–H groups in total. The zero-order valence-electron chi connectivity index (χ0n) is 13.4. The van der Waals surface area contributed by atoms with E-state index in [1.165, 1.54) is 12.1 Å². The average Bonchev–Trinajstić information content (AvgIpc) is 2.60. The van der Waals surface area contributed by atoms with E-state index in [0.717, 1.165) is 11.1 Å². The summed E-state index contributed by atoms with van der Waals surface area (Å²) in [6.45, 7) is 2.08. The molecule has 132 valence electrons. The Balaban J connectivity index is 1.67. The molecule has 0 bridgehead atoms. The summed E-state index contributed by atoms with van der Waals surface area (Å²) >= 11 is 11.0. The van der Waals surface area contributed by atoms with Crippen molar-refractivity contribution in [3.63, 3.8) is 0 Å². The Bertz CT molecular complexity index is 756. The third kappa shape index (κ3) is 6.56. The number of hydrogen-bond acceptors (Lipinski definition) is 3. The molecule has 0 aliphatic carbocycles. The number of carbonyl (C=O) groups excluding carboxylic acids is 1. The van der Waals surface area contributed by atoms with Gasteiger partial charge in [0, 0.05) is 11.6 Å². The first-order valence-electron chi connectivity index (χ1n) is 7.40. The van der Waals surface area contributed by atoms with E-state index < -0.39 is 5.91 Å². The lowest BCUT2D eigenvalue weighted by Gasteiger charge is -2.12. The number of halogens is 2. The number of rotatable bonds is 5. The fourth-order valence-corrected chi connectivity index (χ4v) is 2.09. The molecule has 2 rings (SSSR count). The van der Waals surface area contributed by atoms with Crippen molar-refractivity contribution in [1.29, 1.82) is 0 Å². The van der Waals surface area contributed by atoms with Crippen LogP contribution in [0.4, 0.5) is 4.39 Å². The van der Waals surface area contributed by atoms with Crippen LogP contribution in [0.2, 0.25) is 5.02 Å². The second-order valence-corrected chi connectivity index (χ2v) is 6.00. The van der Waals surface area contributed by atoms with E-state index in [-0.39, 0.29) is 17.5 Å². The van der Waals surface area contributed by atoms with Crippen molar-refractivity contribution in [2.24, 2.45) is 0 Å². The van der Waals surface area contributed by atoms with E-state index in [2.05, 4.69) is 16.2 Å². The number of aryl methyl sites for hydroxylation is 1. The maximum absolute atomic E-state index is 12.8. The molecule has 0 atom stereocenters. The number of ether oxygens (including phenoxy) is 1. The SMILES string of the molecule is Cc1cc(OCC(=O)NNC(=S)NCc2ccc(F)cc2)ccc1Cl. The van der Waals surface area contributed by atoms with Crippen LogP contribution in [0.5, 0.6) is 5.75 Å². The van der Waals surface area contributed by atoms with E-state index in [9.17, 15) is 9.18 Å². The highest BCUT2D eigenvalue weighted by Crippen LogP contribution is 2.20. The number of carbonyl (C=O) groups is 1. The summed E-state index contributed by atoms with van der Waals surface area (Å²) in [6, 6.07) is 11.2. The Morgan fingerprint density at radius 2 is 1.92 bits per heavy atom. The Morgan fingerprint density at radius 1 is 1.20 bits per heavy atom. The molecule has 25 heavy (non-hydrogen) atoms. The average molecular weight is 382 g/mol. The van der Waals surface area contributed by atoms with Gasteiger partial charge in [0.1, 0.15) is 11.6 Å². The topological polar surface area (TPSA) is 62.4 Å². The molecule has 0 aromatic heterocycles. The number of nitrogens with one attached hydrogen (secondary N) is 3. The Labute approximate surface area is 155 Å². The third-order valence-electron chi connectivity index (χ3n) is 3.18. The van der Waals surface area contributed by atoms with Crippen molar-refractivity contribution in [2.45, 2.75) is 13.5 Å². The number of hydrazine groups is 1. The van der Waals surface area contributed by atoms with Gasteiger partial charge in [-0.3, -0.25) is 15.6 Å². The molecular formula is C17H17ClFN3O2S. The van der Waals surface area contributed by atoms with Crippen molar-refractivity contribution >= 4 is 34.8 Å². The molecule has 2 aromatic rings. The molecule has 0 spiro atoms. The van der Waals surface area contributed by atoms with E-state index in [0.29, 0.717) is 17.3 Å². The summed E-state index contributed by atoms with van der Waals surface area (Å²) in [7, 11) is 0. The Morgan fingerprint density at radius 3 is 2.60 bits per heavy atom. The van der Waals surface area contributed by atoms with Crippen LogP contribution < -0.4 is 20.9 Å². The van der Waals surface area contributed by atoms with Crippen molar-refractivity contribution in [2.75, 3.05) is 6.61 Å². The number of hydrogen-bond donors (Lipinski definition) is 3. The maximum atomic E-state index is 12.8. The van der Waals surface area contributed by atoms with Crippen molar-refractivity contribution in [1.82, 2.24) is 16.2 Å². The van der Waals surface area contributed by atoms with Gasteiger partial charge in [-0.25, -0.2) is 4.39 Å². The molecule has 0 saturated heterocycles. The normalized spacial score (nSPS) is 10.0. The lowest BCUT2D eigenvalue weighted by atomic mass is 10.2. The highest BCUT2D eigenvalue weighted by Gasteiger charge is 2.05. The molecule has 0 aliphatic rings. The minimum atomic E-state index is -0.390. The van der Waals surface area contributed by atoms with E-state index in [1.807, 2.05) is 6.92 Å². The van der Waals surface area contributed by atoms with Crippen molar-refractivity contribution < 1.29 is 13.9 Å². The quantitative estimate of drug-likeness (QED) is 0.549. The van der Waals surface area contributed by atoms with Gasteiger partial charge < -0.3 is 10.1 Å². The highest BCUT2D eigenvalue weighted by molar-refractivity contribution is 7.80. The van der Waals surface area contributed by atoms with Gasteiger partial charge in [0.15, 0.2) is 11.7 Å².